The first-order valence-corrected chi connectivity index (χ1v) is 7.10. The van der Waals surface area contributed by atoms with E-state index in [9.17, 15) is 9.90 Å². The van der Waals surface area contributed by atoms with Crippen LogP contribution >= 0.6 is 0 Å². The van der Waals surface area contributed by atoms with Crippen molar-refractivity contribution in [1.82, 2.24) is 9.97 Å². The van der Waals surface area contributed by atoms with Gasteiger partial charge in [0.1, 0.15) is 0 Å². The second-order valence-corrected chi connectivity index (χ2v) is 6.30. The summed E-state index contributed by atoms with van der Waals surface area (Å²) in [5.41, 5.74) is 4.69. The van der Waals surface area contributed by atoms with Crippen molar-refractivity contribution in [3.8, 4) is 0 Å². The lowest BCUT2D eigenvalue weighted by Crippen LogP contribution is -2.41. The van der Waals surface area contributed by atoms with Gasteiger partial charge in [0.05, 0.1) is 29.7 Å². The molecule has 1 aliphatic rings. The van der Waals surface area contributed by atoms with Crippen LogP contribution in [0.2, 0.25) is 0 Å². The number of aliphatic hydroxyl groups excluding tert-OH is 1. The van der Waals surface area contributed by atoms with Gasteiger partial charge in [-0.3, -0.25) is 0 Å². The van der Waals surface area contributed by atoms with Crippen molar-refractivity contribution in [2.75, 3.05) is 12.3 Å². The van der Waals surface area contributed by atoms with E-state index >= 15 is 0 Å². The number of nitrogens with two attached hydrogens (primary N) is 1. The zero-order chi connectivity index (χ0) is 17.4. The molecule has 8 nitrogen and oxygen atoms in total. The Bertz CT molecular complexity index is 644. The average molecular weight is 321 g/mol. The lowest BCUT2D eigenvalue weighted by Gasteiger charge is -2.32. The number of carboxylic acid groups (broad SMARTS) is 1. The summed E-state index contributed by atoms with van der Waals surface area (Å²) in [6.07, 6.45) is 2.81. The van der Waals surface area contributed by atoms with Gasteiger partial charge in [-0.1, -0.05) is 0 Å². The minimum absolute atomic E-state index is 0.171. The van der Waals surface area contributed by atoms with Crippen molar-refractivity contribution in [3.63, 3.8) is 0 Å². The lowest BCUT2D eigenvalue weighted by molar-refractivity contribution is 0.00578. The molecule has 2 heterocycles. The molecule has 1 fully saturated rings. The second-order valence-electron chi connectivity index (χ2n) is 6.30. The van der Waals surface area contributed by atoms with Crippen LogP contribution in [0.3, 0.4) is 0 Å². The molecule has 0 unspecified atom stereocenters. The Morgan fingerprint density at radius 3 is 2.39 bits per heavy atom. The van der Waals surface area contributed by atoms with Gasteiger partial charge in [0.15, 0.2) is 11.5 Å². The van der Waals surface area contributed by atoms with Crippen LogP contribution in [0.15, 0.2) is 11.7 Å². The molecule has 9 heteroatoms. The molecule has 1 aromatic heterocycles. The summed E-state index contributed by atoms with van der Waals surface area (Å²) in [5, 5.41) is 18.6. The largest absolute Gasteiger partial charge is 0.492 e. The van der Waals surface area contributed by atoms with E-state index in [1.54, 1.807) is 0 Å². The third kappa shape index (κ3) is 3.36. The number of aromatic nitrogens is 2. The maximum atomic E-state index is 11.1. The quantitative estimate of drug-likeness (QED) is 0.694. The Balaban J connectivity index is 2.34. The van der Waals surface area contributed by atoms with Gasteiger partial charge in [-0.25, -0.2) is 14.8 Å². The summed E-state index contributed by atoms with van der Waals surface area (Å²) in [6.45, 7) is 7.26. The third-order valence-corrected chi connectivity index (χ3v) is 4.09. The predicted molar refractivity (Wildman–Crippen MR) is 84.5 cm³/mol. The highest BCUT2D eigenvalue weighted by Crippen LogP contribution is 2.38. The molecule has 1 saturated heterocycles. The fourth-order valence-electron chi connectivity index (χ4n) is 2.01. The number of hydrogen-bond acceptors (Lipinski definition) is 7. The number of nitrogen functional groups attached to an aromatic ring is 1. The SMILES string of the molecule is CC1(C)OB(C(=Cc2cnc(N)c(C(=O)O)n2)CO)OC1(C)C. The molecule has 0 amide bonds. The summed E-state index contributed by atoms with van der Waals surface area (Å²) < 4.78 is 11.7. The number of anilines is 1. The Morgan fingerprint density at radius 2 is 1.91 bits per heavy atom. The average Bonchev–Trinajstić information content (AvgIpc) is 2.66. The van der Waals surface area contributed by atoms with Crippen LogP contribution in [0.25, 0.3) is 6.08 Å². The van der Waals surface area contributed by atoms with E-state index in [0.717, 1.165) is 0 Å². The molecule has 1 aliphatic heterocycles. The van der Waals surface area contributed by atoms with Crippen LogP contribution in [0.1, 0.15) is 43.9 Å². The molecule has 0 atom stereocenters. The fourth-order valence-corrected chi connectivity index (χ4v) is 2.01. The van der Waals surface area contributed by atoms with Crippen LogP contribution in [0.4, 0.5) is 5.82 Å². The Labute approximate surface area is 134 Å². The Morgan fingerprint density at radius 1 is 1.35 bits per heavy atom. The number of aliphatic hydroxyl groups is 1. The van der Waals surface area contributed by atoms with Crippen LogP contribution in [0.5, 0.6) is 0 Å². The predicted octanol–water partition coefficient (Wildman–Crippen LogP) is 0.764. The van der Waals surface area contributed by atoms with Gasteiger partial charge in [0.2, 0.25) is 0 Å². The van der Waals surface area contributed by atoms with E-state index < -0.39 is 24.3 Å². The van der Waals surface area contributed by atoms with Crippen molar-refractivity contribution in [1.29, 1.82) is 0 Å². The Kier molecular flexibility index (Phi) is 4.47. The molecule has 124 valence electrons. The third-order valence-electron chi connectivity index (χ3n) is 4.09. The summed E-state index contributed by atoms with van der Waals surface area (Å²) in [7, 11) is -0.752. The monoisotopic (exact) mass is 321 g/mol. The summed E-state index contributed by atoms with van der Waals surface area (Å²) in [6, 6.07) is 0. The molecule has 0 bridgehead atoms. The zero-order valence-electron chi connectivity index (χ0n) is 13.5. The van der Waals surface area contributed by atoms with Crippen molar-refractivity contribution >= 4 is 25.0 Å². The first-order chi connectivity index (χ1) is 10.6. The van der Waals surface area contributed by atoms with Crippen LogP contribution < -0.4 is 5.73 Å². The minimum Gasteiger partial charge on any atom is -0.476 e. The van der Waals surface area contributed by atoms with E-state index in [2.05, 4.69) is 9.97 Å². The molecule has 0 aromatic carbocycles. The zero-order valence-corrected chi connectivity index (χ0v) is 13.5. The van der Waals surface area contributed by atoms with Crippen molar-refractivity contribution in [3.05, 3.63) is 23.1 Å². The highest BCUT2D eigenvalue weighted by atomic mass is 16.7. The van der Waals surface area contributed by atoms with Crippen molar-refractivity contribution in [2.24, 2.45) is 0 Å². The molecule has 23 heavy (non-hydrogen) atoms. The number of nitrogens with zero attached hydrogens (tertiary/aromatic N) is 2. The molecule has 0 aliphatic carbocycles. The fraction of sp³-hybridized carbons (Fsp3) is 0.500. The van der Waals surface area contributed by atoms with Crippen molar-refractivity contribution in [2.45, 2.75) is 38.9 Å². The standard InChI is InChI=1S/C14H20BN3O5/c1-13(2)14(3,4)23-15(22-13)8(7-19)5-9-6-17-11(16)10(18-9)12(20)21/h5-6,19H,7H2,1-4H3,(H2,16,17)(H,20,21). The van der Waals surface area contributed by atoms with E-state index in [4.69, 9.17) is 20.1 Å². The van der Waals surface area contributed by atoms with E-state index in [1.807, 2.05) is 27.7 Å². The van der Waals surface area contributed by atoms with Gasteiger partial charge in [-0.15, -0.1) is 0 Å². The normalized spacial score (nSPS) is 19.9. The molecule has 4 N–H and O–H groups in total. The lowest BCUT2D eigenvalue weighted by atomic mass is 9.78. The first-order valence-electron chi connectivity index (χ1n) is 7.10. The number of carbonyl (C=O) groups is 1. The molecule has 0 radical (unpaired) electrons. The number of aromatic carboxylic acids is 1. The van der Waals surface area contributed by atoms with Crippen LogP contribution in [-0.4, -0.2) is 51.1 Å². The van der Waals surface area contributed by atoms with Gasteiger partial charge < -0.3 is 25.3 Å². The van der Waals surface area contributed by atoms with Gasteiger partial charge in [-0.05, 0) is 39.2 Å². The van der Waals surface area contributed by atoms with Crippen LogP contribution in [-0.2, 0) is 9.31 Å². The van der Waals surface area contributed by atoms with Gasteiger partial charge in [-0.2, -0.15) is 0 Å². The maximum absolute atomic E-state index is 11.1. The molecular weight excluding hydrogens is 301 g/mol. The molecule has 0 spiro atoms. The first kappa shape index (κ1) is 17.4. The highest BCUT2D eigenvalue weighted by molar-refractivity contribution is 6.55. The van der Waals surface area contributed by atoms with Crippen LogP contribution in [0, 0.1) is 0 Å². The van der Waals surface area contributed by atoms with E-state index in [1.165, 1.54) is 12.3 Å². The van der Waals surface area contributed by atoms with Crippen molar-refractivity contribution < 1.29 is 24.3 Å². The highest BCUT2D eigenvalue weighted by Gasteiger charge is 2.52. The van der Waals surface area contributed by atoms with Gasteiger partial charge in [0.25, 0.3) is 0 Å². The second kappa shape index (κ2) is 5.91. The molecular formula is C14H20BN3O5. The smallest absolute Gasteiger partial charge is 0.476 e. The van der Waals surface area contributed by atoms with E-state index in [-0.39, 0.29) is 23.8 Å². The Hall–Kier alpha value is -1.97. The van der Waals surface area contributed by atoms with Gasteiger partial charge >= 0.3 is 13.1 Å². The number of rotatable bonds is 4. The summed E-state index contributed by atoms with van der Waals surface area (Å²) in [4.78, 5) is 18.8. The van der Waals surface area contributed by atoms with E-state index in [0.29, 0.717) is 5.47 Å². The number of carboxylic acids is 1. The number of hydrogen-bond donors (Lipinski definition) is 3. The minimum atomic E-state index is -1.27. The summed E-state index contributed by atoms with van der Waals surface area (Å²) in [5.74, 6) is -1.44. The molecule has 1 aromatic rings. The topological polar surface area (TPSA) is 128 Å². The van der Waals surface area contributed by atoms with Gasteiger partial charge in [0, 0.05) is 0 Å². The molecule has 2 rings (SSSR count). The maximum Gasteiger partial charge on any atom is 0.492 e. The molecule has 0 saturated carbocycles. The summed E-state index contributed by atoms with van der Waals surface area (Å²) >= 11 is 0.